The van der Waals surface area contributed by atoms with Crippen LogP contribution in [-0.2, 0) is 17.6 Å². The fourth-order valence-corrected chi connectivity index (χ4v) is 3.66. The first-order valence-corrected chi connectivity index (χ1v) is 8.71. The Labute approximate surface area is 137 Å². The lowest BCUT2D eigenvalue weighted by molar-refractivity contribution is -0.115. The zero-order valence-corrected chi connectivity index (χ0v) is 13.8. The normalized spacial score (nSPS) is 10.6. The molecule has 1 amide bonds. The smallest absolute Gasteiger partial charge is 0.231 e. The van der Waals surface area contributed by atoms with E-state index >= 15 is 0 Å². The van der Waals surface area contributed by atoms with Gasteiger partial charge in [0.1, 0.15) is 0 Å². The first-order valence-electron chi connectivity index (χ1n) is 7.01. The second kappa shape index (κ2) is 6.85. The Bertz CT molecular complexity index is 745. The largest absolute Gasteiger partial charge is 0.302 e. The van der Waals surface area contributed by atoms with E-state index in [0.717, 1.165) is 16.2 Å². The summed E-state index contributed by atoms with van der Waals surface area (Å²) in [7, 11) is 0. The van der Waals surface area contributed by atoms with Crippen LogP contribution in [0.15, 0.2) is 48.0 Å². The maximum Gasteiger partial charge on any atom is 0.231 e. The van der Waals surface area contributed by atoms with Crippen LogP contribution in [0.3, 0.4) is 0 Å². The van der Waals surface area contributed by atoms with Gasteiger partial charge in [0, 0.05) is 22.4 Å². The molecule has 1 aromatic carbocycles. The van der Waals surface area contributed by atoms with Gasteiger partial charge < -0.3 is 5.32 Å². The molecular formula is C17H16N2OS2. The Balaban J connectivity index is 1.58. The van der Waals surface area contributed by atoms with Crippen molar-refractivity contribution in [1.82, 2.24) is 4.98 Å². The Morgan fingerprint density at radius 3 is 2.73 bits per heavy atom. The molecule has 3 aromatic rings. The van der Waals surface area contributed by atoms with E-state index < -0.39 is 0 Å². The Morgan fingerprint density at radius 1 is 1.18 bits per heavy atom. The first-order chi connectivity index (χ1) is 10.7. The highest BCUT2D eigenvalue weighted by atomic mass is 32.1. The van der Waals surface area contributed by atoms with Gasteiger partial charge in [0.25, 0.3) is 0 Å². The zero-order chi connectivity index (χ0) is 15.4. The predicted octanol–water partition coefficient (Wildman–Crippen LogP) is 4.29. The van der Waals surface area contributed by atoms with Crippen LogP contribution in [-0.4, -0.2) is 10.9 Å². The molecule has 0 spiro atoms. The van der Waals surface area contributed by atoms with Crippen molar-refractivity contribution < 1.29 is 4.79 Å². The summed E-state index contributed by atoms with van der Waals surface area (Å²) >= 11 is 3.13. The van der Waals surface area contributed by atoms with E-state index in [4.69, 9.17) is 0 Å². The molecule has 3 nitrogen and oxygen atoms in total. The number of carbonyl (C=O) groups is 1. The highest BCUT2D eigenvalue weighted by Gasteiger charge is 2.08. The molecule has 112 valence electrons. The van der Waals surface area contributed by atoms with Crippen LogP contribution >= 0.6 is 22.7 Å². The molecule has 0 aliphatic heterocycles. The minimum Gasteiger partial charge on any atom is -0.302 e. The molecule has 0 aliphatic rings. The molecule has 0 saturated heterocycles. The molecule has 0 saturated carbocycles. The highest BCUT2D eigenvalue weighted by molar-refractivity contribution is 7.15. The number of benzene rings is 1. The summed E-state index contributed by atoms with van der Waals surface area (Å²) in [5.74, 6) is -0.0151. The molecule has 1 N–H and O–H groups in total. The van der Waals surface area contributed by atoms with Gasteiger partial charge in [0.05, 0.1) is 6.42 Å². The second-order valence-electron chi connectivity index (χ2n) is 5.10. The molecule has 0 aliphatic carbocycles. The first kappa shape index (κ1) is 14.9. The number of hydrogen-bond acceptors (Lipinski definition) is 4. The Morgan fingerprint density at radius 2 is 2.00 bits per heavy atom. The van der Waals surface area contributed by atoms with E-state index in [1.807, 2.05) is 23.7 Å². The van der Waals surface area contributed by atoms with Gasteiger partial charge in [-0.05, 0) is 23.9 Å². The van der Waals surface area contributed by atoms with E-state index in [1.54, 1.807) is 11.3 Å². The Hall–Kier alpha value is -1.98. The number of rotatable bonds is 5. The summed E-state index contributed by atoms with van der Waals surface area (Å²) < 4.78 is 0. The lowest BCUT2D eigenvalue weighted by Gasteiger charge is -2.00. The molecule has 2 heterocycles. The average Bonchev–Trinajstić information content (AvgIpc) is 3.14. The number of aryl methyl sites for hydroxylation is 1. The number of thiazole rings is 1. The summed E-state index contributed by atoms with van der Waals surface area (Å²) in [6.45, 7) is 2.08. The predicted molar refractivity (Wildman–Crippen MR) is 92.8 cm³/mol. The van der Waals surface area contributed by atoms with Gasteiger partial charge in [-0.25, -0.2) is 4.98 Å². The van der Waals surface area contributed by atoms with Gasteiger partial charge in [0.15, 0.2) is 5.13 Å². The highest BCUT2D eigenvalue weighted by Crippen LogP contribution is 2.22. The monoisotopic (exact) mass is 328 g/mol. The molecule has 0 bridgehead atoms. The number of thiophene rings is 1. The fourth-order valence-electron chi connectivity index (χ4n) is 2.09. The van der Waals surface area contributed by atoms with Gasteiger partial charge in [-0.15, -0.1) is 22.7 Å². The number of nitrogens with zero attached hydrogens (tertiary/aromatic N) is 1. The lowest BCUT2D eigenvalue weighted by Crippen LogP contribution is -2.13. The van der Waals surface area contributed by atoms with Crippen molar-refractivity contribution in [2.75, 3.05) is 5.32 Å². The maximum atomic E-state index is 11.9. The molecule has 22 heavy (non-hydrogen) atoms. The third kappa shape index (κ3) is 4.02. The summed E-state index contributed by atoms with van der Waals surface area (Å²) in [6, 6.07) is 12.4. The molecule has 3 rings (SSSR count). The molecule has 0 atom stereocenters. The number of amides is 1. The Kier molecular flexibility index (Phi) is 4.65. The SMILES string of the molecule is Cc1ccc(Cc2cnc(NC(=O)Cc3cccs3)s2)cc1. The maximum absolute atomic E-state index is 11.9. The fraction of sp³-hybridized carbons (Fsp3) is 0.176. The molecular weight excluding hydrogens is 312 g/mol. The number of nitrogens with one attached hydrogen (secondary N) is 1. The van der Waals surface area contributed by atoms with Crippen LogP contribution in [0.2, 0.25) is 0 Å². The average molecular weight is 328 g/mol. The van der Waals surface area contributed by atoms with Crippen molar-refractivity contribution in [2.45, 2.75) is 19.8 Å². The summed E-state index contributed by atoms with van der Waals surface area (Å²) in [5, 5.41) is 5.52. The van der Waals surface area contributed by atoms with E-state index in [2.05, 4.69) is 41.5 Å². The van der Waals surface area contributed by atoms with E-state index in [9.17, 15) is 4.79 Å². The molecule has 2 aromatic heterocycles. The van der Waals surface area contributed by atoms with Crippen LogP contribution in [0, 0.1) is 6.92 Å². The van der Waals surface area contributed by atoms with Crippen LogP contribution in [0.4, 0.5) is 5.13 Å². The second-order valence-corrected chi connectivity index (χ2v) is 7.25. The third-order valence-corrected chi connectivity index (χ3v) is 5.00. The van der Waals surface area contributed by atoms with E-state index in [-0.39, 0.29) is 5.91 Å². The number of hydrogen-bond donors (Lipinski definition) is 1. The lowest BCUT2D eigenvalue weighted by atomic mass is 10.1. The summed E-state index contributed by atoms with van der Waals surface area (Å²) in [4.78, 5) is 18.4. The number of carbonyl (C=O) groups excluding carboxylic acids is 1. The van der Waals surface area contributed by atoms with Crippen LogP contribution in [0.5, 0.6) is 0 Å². The topological polar surface area (TPSA) is 42.0 Å². The zero-order valence-electron chi connectivity index (χ0n) is 12.2. The standard InChI is InChI=1S/C17H16N2OS2/c1-12-4-6-13(7-5-12)9-15-11-18-17(22-15)19-16(20)10-14-3-2-8-21-14/h2-8,11H,9-10H2,1H3,(H,18,19,20). The minimum atomic E-state index is -0.0151. The quantitative estimate of drug-likeness (QED) is 0.759. The van der Waals surface area contributed by atoms with Crippen molar-refractivity contribution in [1.29, 1.82) is 0 Å². The van der Waals surface area contributed by atoms with Gasteiger partial charge in [-0.2, -0.15) is 0 Å². The van der Waals surface area contributed by atoms with Crippen molar-refractivity contribution >= 4 is 33.7 Å². The van der Waals surface area contributed by atoms with E-state index in [1.165, 1.54) is 22.5 Å². The van der Waals surface area contributed by atoms with Crippen molar-refractivity contribution in [3.05, 3.63) is 68.9 Å². The molecule has 0 fully saturated rings. The van der Waals surface area contributed by atoms with Crippen molar-refractivity contribution in [3.8, 4) is 0 Å². The van der Waals surface area contributed by atoms with Crippen molar-refractivity contribution in [3.63, 3.8) is 0 Å². The van der Waals surface area contributed by atoms with Crippen LogP contribution < -0.4 is 5.32 Å². The van der Waals surface area contributed by atoms with Gasteiger partial charge >= 0.3 is 0 Å². The summed E-state index contributed by atoms with van der Waals surface area (Å²) in [5.41, 5.74) is 2.51. The molecule has 0 unspecified atom stereocenters. The van der Waals surface area contributed by atoms with E-state index in [0.29, 0.717) is 11.6 Å². The summed E-state index contributed by atoms with van der Waals surface area (Å²) in [6.07, 6.45) is 3.09. The van der Waals surface area contributed by atoms with Gasteiger partial charge in [-0.3, -0.25) is 4.79 Å². The molecule has 0 radical (unpaired) electrons. The minimum absolute atomic E-state index is 0.0151. The van der Waals surface area contributed by atoms with Crippen LogP contribution in [0.1, 0.15) is 20.9 Å². The van der Waals surface area contributed by atoms with Crippen molar-refractivity contribution in [2.24, 2.45) is 0 Å². The van der Waals surface area contributed by atoms with Crippen LogP contribution in [0.25, 0.3) is 0 Å². The van der Waals surface area contributed by atoms with Gasteiger partial charge in [-0.1, -0.05) is 35.9 Å². The number of aromatic nitrogens is 1. The van der Waals surface area contributed by atoms with Gasteiger partial charge in [0.2, 0.25) is 5.91 Å². The molecule has 5 heteroatoms. The number of anilines is 1. The third-order valence-electron chi connectivity index (χ3n) is 3.21.